The van der Waals surface area contributed by atoms with Crippen LogP contribution in [0.25, 0.3) is 0 Å². The molecule has 2 rings (SSSR count). The van der Waals surface area contributed by atoms with Crippen LogP contribution in [0, 0.1) is 0 Å². The molecule has 0 aromatic carbocycles. The summed E-state index contributed by atoms with van der Waals surface area (Å²) in [6, 6.07) is 0.784. The number of sulfone groups is 1. The van der Waals surface area contributed by atoms with E-state index in [4.69, 9.17) is 0 Å². The second-order valence-electron chi connectivity index (χ2n) is 5.34. The average molecular weight is 260 g/mol. The quantitative estimate of drug-likeness (QED) is 0.806. The topological polar surface area (TPSA) is 49.4 Å². The third-order valence-corrected chi connectivity index (χ3v) is 5.91. The lowest BCUT2D eigenvalue weighted by molar-refractivity contribution is 0.155. The van der Waals surface area contributed by atoms with Gasteiger partial charge < -0.3 is 5.32 Å². The highest BCUT2D eigenvalue weighted by Gasteiger charge is 2.40. The zero-order chi connectivity index (χ0) is 12.5. The van der Waals surface area contributed by atoms with E-state index in [1.165, 1.54) is 6.26 Å². The van der Waals surface area contributed by atoms with E-state index in [0.29, 0.717) is 6.04 Å². The van der Waals surface area contributed by atoms with Gasteiger partial charge in [-0.25, -0.2) is 8.42 Å². The van der Waals surface area contributed by atoms with Crippen LogP contribution in [0.5, 0.6) is 0 Å². The molecule has 0 bridgehead atoms. The molecule has 3 atom stereocenters. The Morgan fingerprint density at radius 2 is 2.06 bits per heavy atom. The Kier molecular flexibility index (Phi) is 4.10. The van der Waals surface area contributed by atoms with E-state index >= 15 is 0 Å². The van der Waals surface area contributed by atoms with E-state index in [1.807, 2.05) is 0 Å². The van der Waals surface area contributed by atoms with Crippen molar-refractivity contribution in [3.05, 3.63) is 0 Å². The van der Waals surface area contributed by atoms with Gasteiger partial charge in [-0.15, -0.1) is 0 Å². The van der Waals surface area contributed by atoms with Crippen LogP contribution in [-0.4, -0.2) is 56.5 Å². The maximum absolute atomic E-state index is 11.8. The predicted octanol–water partition coefficient (Wildman–Crippen LogP) is 0.636. The molecule has 100 valence electrons. The van der Waals surface area contributed by atoms with E-state index in [-0.39, 0.29) is 11.3 Å². The zero-order valence-electron chi connectivity index (χ0n) is 10.9. The smallest absolute Gasteiger partial charge is 0.151 e. The molecule has 2 fully saturated rings. The highest BCUT2D eigenvalue weighted by atomic mass is 32.2. The predicted molar refractivity (Wildman–Crippen MR) is 69.9 cm³/mol. The van der Waals surface area contributed by atoms with Crippen LogP contribution < -0.4 is 5.32 Å². The summed E-state index contributed by atoms with van der Waals surface area (Å²) in [6.07, 6.45) is 5.50. The Morgan fingerprint density at radius 3 is 2.59 bits per heavy atom. The minimum absolute atomic E-state index is 0.136. The maximum atomic E-state index is 11.8. The molecule has 0 aromatic heterocycles. The van der Waals surface area contributed by atoms with Crippen molar-refractivity contribution in [3.63, 3.8) is 0 Å². The lowest BCUT2D eigenvalue weighted by Gasteiger charge is -2.35. The third kappa shape index (κ3) is 2.83. The summed E-state index contributed by atoms with van der Waals surface area (Å²) in [5.41, 5.74) is 0. The van der Waals surface area contributed by atoms with Gasteiger partial charge in [0, 0.05) is 24.9 Å². The molecule has 1 saturated carbocycles. The second kappa shape index (κ2) is 5.24. The average Bonchev–Trinajstić information content (AvgIpc) is 2.87. The van der Waals surface area contributed by atoms with Crippen molar-refractivity contribution in [2.24, 2.45) is 0 Å². The molecule has 0 spiro atoms. The first-order valence-corrected chi connectivity index (χ1v) is 8.65. The van der Waals surface area contributed by atoms with Crippen molar-refractivity contribution in [2.75, 3.05) is 25.9 Å². The molecule has 1 N–H and O–H groups in total. The van der Waals surface area contributed by atoms with Gasteiger partial charge in [-0.2, -0.15) is 0 Å². The van der Waals surface area contributed by atoms with Gasteiger partial charge >= 0.3 is 0 Å². The molecule has 1 aliphatic carbocycles. The highest BCUT2D eigenvalue weighted by molar-refractivity contribution is 7.91. The van der Waals surface area contributed by atoms with E-state index in [0.717, 1.165) is 45.3 Å². The summed E-state index contributed by atoms with van der Waals surface area (Å²) >= 11 is 0. The molecule has 5 heteroatoms. The summed E-state index contributed by atoms with van der Waals surface area (Å²) < 4.78 is 23.7. The van der Waals surface area contributed by atoms with Gasteiger partial charge in [-0.3, -0.25) is 4.90 Å². The summed E-state index contributed by atoms with van der Waals surface area (Å²) in [6.45, 7) is 5.19. The van der Waals surface area contributed by atoms with Crippen LogP contribution in [-0.2, 0) is 9.84 Å². The molecule has 1 aliphatic heterocycles. The van der Waals surface area contributed by atoms with E-state index < -0.39 is 9.84 Å². The van der Waals surface area contributed by atoms with Crippen LogP contribution in [0.15, 0.2) is 0 Å². The first-order valence-electron chi connectivity index (χ1n) is 6.69. The molecule has 0 aromatic rings. The lowest BCUT2D eigenvalue weighted by Crippen LogP contribution is -2.49. The number of nitrogens with zero attached hydrogens (tertiary/aromatic N) is 1. The van der Waals surface area contributed by atoms with Crippen molar-refractivity contribution in [3.8, 4) is 0 Å². The fourth-order valence-electron chi connectivity index (χ4n) is 3.47. The van der Waals surface area contributed by atoms with Gasteiger partial charge in [0.25, 0.3) is 0 Å². The van der Waals surface area contributed by atoms with E-state index in [2.05, 4.69) is 17.1 Å². The van der Waals surface area contributed by atoms with Crippen LogP contribution in [0.2, 0.25) is 0 Å². The summed E-state index contributed by atoms with van der Waals surface area (Å²) in [4.78, 5) is 2.43. The van der Waals surface area contributed by atoms with Gasteiger partial charge in [-0.1, -0.05) is 13.3 Å². The van der Waals surface area contributed by atoms with Crippen molar-refractivity contribution in [1.82, 2.24) is 10.2 Å². The van der Waals surface area contributed by atoms with E-state index in [9.17, 15) is 8.42 Å². The molecule has 1 saturated heterocycles. The molecular weight excluding hydrogens is 236 g/mol. The standard InChI is InChI=1S/C12H24N2O2S/c1-3-14(10-7-8-13-9-10)11-5-4-6-12(11)17(2,15)16/h10-13H,3-9H2,1-2H3. The Bertz CT molecular complexity index is 350. The monoisotopic (exact) mass is 260 g/mol. The number of hydrogen-bond acceptors (Lipinski definition) is 4. The minimum atomic E-state index is -2.90. The van der Waals surface area contributed by atoms with Gasteiger partial charge in [-0.05, 0) is 32.4 Å². The maximum Gasteiger partial charge on any atom is 0.151 e. The number of rotatable bonds is 4. The Morgan fingerprint density at radius 1 is 1.29 bits per heavy atom. The Hall–Kier alpha value is -0.130. The summed E-state index contributed by atoms with van der Waals surface area (Å²) in [7, 11) is -2.90. The van der Waals surface area contributed by atoms with Crippen molar-refractivity contribution < 1.29 is 8.42 Å². The summed E-state index contributed by atoms with van der Waals surface area (Å²) in [5.74, 6) is 0. The molecule has 1 heterocycles. The van der Waals surface area contributed by atoms with Crippen molar-refractivity contribution in [1.29, 1.82) is 0 Å². The fraction of sp³-hybridized carbons (Fsp3) is 1.00. The normalized spacial score (nSPS) is 34.6. The van der Waals surface area contributed by atoms with Crippen LogP contribution in [0.4, 0.5) is 0 Å². The van der Waals surface area contributed by atoms with E-state index in [1.54, 1.807) is 0 Å². The molecule has 3 unspecified atom stereocenters. The summed E-state index contributed by atoms with van der Waals surface area (Å²) in [5, 5.41) is 3.24. The molecule has 0 amide bonds. The number of nitrogens with one attached hydrogen (secondary N) is 1. The Labute approximate surface area is 105 Å². The van der Waals surface area contributed by atoms with Gasteiger partial charge in [0.15, 0.2) is 9.84 Å². The fourth-order valence-corrected chi connectivity index (χ4v) is 4.93. The van der Waals surface area contributed by atoms with Gasteiger partial charge in [0.1, 0.15) is 0 Å². The molecule has 0 radical (unpaired) electrons. The lowest BCUT2D eigenvalue weighted by atomic mass is 10.1. The van der Waals surface area contributed by atoms with Crippen molar-refractivity contribution >= 4 is 9.84 Å². The largest absolute Gasteiger partial charge is 0.315 e. The first kappa shape index (κ1) is 13.3. The third-order valence-electron chi connectivity index (χ3n) is 4.26. The number of hydrogen-bond donors (Lipinski definition) is 1. The van der Waals surface area contributed by atoms with Gasteiger partial charge in [0.05, 0.1) is 5.25 Å². The second-order valence-corrected chi connectivity index (χ2v) is 7.61. The highest BCUT2D eigenvalue weighted by Crippen LogP contribution is 2.31. The molecule has 17 heavy (non-hydrogen) atoms. The number of likely N-dealkylation sites (N-methyl/N-ethyl adjacent to an activating group) is 1. The van der Waals surface area contributed by atoms with Crippen LogP contribution in [0.1, 0.15) is 32.6 Å². The molecule has 2 aliphatic rings. The zero-order valence-corrected chi connectivity index (χ0v) is 11.7. The van der Waals surface area contributed by atoms with Crippen molar-refractivity contribution in [2.45, 2.75) is 49.9 Å². The Balaban J connectivity index is 2.12. The van der Waals surface area contributed by atoms with Crippen LogP contribution >= 0.6 is 0 Å². The SMILES string of the molecule is CCN(C1CCNC1)C1CCCC1S(C)(=O)=O. The molecule has 4 nitrogen and oxygen atoms in total. The minimum Gasteiger partial charge on any atom is -0.315 e. The first-order chi connectivity index (χ1) is 8.04. The molecular formula is C12H24N2O2S. The van der Waals surface area contributed by atoms with Gasteiger partial charge in [0.2, 0.25) is 0 Å². The van der Waals surface area contributed by atoms with Crippen LogP contribution in [0.3, 0.4) is 0 Å².